The quantitative estimate of drug-likeness (QED) is 0.297. The van der Waals surface area contributed by atoms with Gasteiger partial charge in [-0.25, -0.2) is 9.07 Å². The van der Waals surface area contributed by atoms with Gasteiger partial charge in [0, 0.05) is 28.7 Å². The number of nitrogens with zero attached hydrogens (tertiary/aromatic N) is 4. The van der Waals surface area contributed by atoms with Crippen LogP contribution in [0.1, 0.15) is 42.8 Å². The van der Waals surface area contributed by atoms with E-state index in [2.05, 4.69) is 49.2 Å². The fourth-order valence-corrected chi connectivity index (χ4v) is 6.50. The minimum atomic E-state index is -0.605. The van der Waals surface area contributed by atoms with Gasteiger partial charge in [0.05, 0.1) is 28.3 Å². The van der Waals surface area contributed by atoms with E-state index in [1.165, 1.54) is 11.1 Å². The van der Waals surface area contributed by atoms with Crippen molar-refractivity contribution < 1.29 is 9.18 Å². The molecule has 2 aliphatic rings. The zero-order valence-corrected chi connectivity index (χ0v) is 22.3. The molecule has 2 aromatic heterocycles. The van der Waals surface area contributed by atoms with Crippen molar-refractivity contribution in [1.29, 1.82) is 5.26 Å². The van der Waals surface area contributed by atoms with Crippen LogP contribution in [-0.2, 0) is 23.3 Å². The number of rotatable bonds is 4. The summed E-state index contributed by atoms with van der Waals surface area (Å²) in [7, 11) is 0. The Morgan fingerprint density at radius 1 is 1.08 bits per heavy atom. The molecule has 5 nitrogen and oxygen atoms in total. The second-order valence-corrected chi connectivity index (χ2v) is 10.9. The number of aryl methyl sites for hydroxylation is 1. The Bertz CT molecular complexity index is 1660. The third-order valence-electron chi connectivity index (χ3n) is 8.54. The molecule has 0 saturated carbocycles. The van der Waals surface area contributed by atoms with E-state index in [1.807, 2.05) is 48.0 Å². The van der Waals surface area contributed by atoms with Crippen molar-refractivity contribution in [2.24, 2.45) is 11.8 Å². The lowest BCUT2D eigenvalue weighted by atomic mass is 9.57. The van der Waals surface area contributed by atoms with Crippen LogP contribution >= 0.6 is 0 Å². The van der Waals surface area contributed by atoms with E-state index in [0.29, 0.717) is 5.69 Å². The second-order valence-electron chi connectivity index (χ2n) is 10.9. The van der Waals surface area contributed by atoms with Crippen LogP contribution in [0.25, 0.3) is 28.1 Å². The molecule has 4 aromatic rings. The Morgan fingerprint density at radius 3 is 2.49 bits per heavy atom. The van der Waals surface area contributed by atoms with E-state index in [4.69, 9.17) is 5.10 Å². The topological polar surface area (TPSA) is 71.6 Å². The van der Waals surface area contributed by atoms with E-state index in [-0.39, 0.29) is 23.2 Å². The zero-order valence-electron chi connectivity index (χ0n) is 22.3. The molecule has 0 radical (unpaired) electrons. The Hall–Kier alpha value is -4.37. The number of alkyl halides is 1. The molecule has 39 heavy (non-hydrogen) atoms. The van der Waals surface area contributed by atoms with Gasteiger partial charge in [-0.2, -0.15) is 10.4 Å². The number of hydrogen-bond donors (Lipinski definition) is 0. The number of allylic oxidation sites excluding steroid dienone is 2. The van der Waals surface area contributed by atoms with Gasteiger partial charge in [0.25, 0.3) is 0 Å². The van der Waals surface area contributed by atoms with Gasteiger partial charge in [0.15, 0.2) is 5.78 Å². The van der Waals surface area contributed by atoms with Crippen molar-refractivity contribution in [3.63, 3.8) is 0 Å². The van der Waals surface area contributed by atoms with E-state index < -0.39 is 12.1 Å². The highest BCUT2D eigenvalue weighted by Gasteiger charge is 2.50. The zero-order chi connectivity index (χ0) is 27.3. The average Bonchev–Trinajstić information content (AvgIpc) is 3.36. The molecule has 2 heterocycles. The van der Waals surface area contributed by atoms with Crippen molar-refractivity contribution in [2.45, 2.75) is 45.7 Å². The smallest absolute Gasteiger partial charge is 0.176 e. The van der Waals surface area contributed by atoms with Crippen LogP contribution in [0.2, 0.25) is 0 Å². The summed E-state index contributed by atoms with van der Waals surface area (Å²) in [6, 6.07) is 22.3. The van der Waals surface area contributed by atoms with Crippen LogP contribution in [0, 0.1) is 30.1 Å². The van der Waals surface area contributed by atoms with Gasteiger partial charge in [0.2, 0.25) is 0 Å². The van der Waals surface area contributed by atoms with Gasteiger partial charge < -0.3 is 0 Å². The molecule has 6 rings (SSSR count). The number of Topliss-reactive ketones (excluding diaryl/α,β-unsaturated/α-hetero) is 1. The first-order valence-electron chi connectivity index (χ1n) is 13.3. The highest BCUT2D eigenvalue weighted by Crippen LogP contribution is 2.52. The number of halogens is 1. The molecule has 2 aromatic carbocycles. The lowest BCUT2D eigenvalue weighted by Gasteiger charge is -2.45. The van der Waals surface area contributed by atoms with E-state index in [9.17, 15) is 14.4 Å². The number of pyridine rings is 1. The lowest BCUT2D eigenvalue weighted by Crippen LogP contribution is -2.46. The van der Waals surface area contributed by atoms with Gasteiger partial charge in [-0.3, -0.25) is 9.78 Å². The maximum absolute atomic E-state index is 13.2. The SMILES string of the molecule is Cc1ccc(-c2nn(-c3ccc(-c4ccnc(CF)c4)cc3)c3c2CC[C@@H]2[C@@H](C)C(=O)C(C#N)=C[C@@]32C)cc1. The predicted octanol–water partition coefficient (Wildman–Crippen LogP) is 6.87. The predicted molar refractivity (Wildman–Crippen MR) is 149 cm³/mol. The molecule has 2 aliphatic carbocycles. The summed E-state index contributed by atoms with van der Waals surface area (Å²) in [6.07, 6.45) is 5.18. The van der Waals surface area contributed by atoms with Gasteiger partial charge >= 0.3 is 0 Å². The number of carbonyl (C=O) groups excluding carboxylic acids is 1. The highest BCUT2D eigenvalue weighted by molar-refractivity contribution is 6.02. The average molecular weight is 517 g/mol. The summed E-state index contributed by atoms with van der Waals surface area (Å²) in [5.41, 5.74) is 8.24. The molecule has 0 spiro atoms. The summed E-state index contributed by atoms with van der Waals surface area (Å²) in [4.78, 5) is 17.0. The van der Waals surface area contributed by atoms with E-state index in [1.54, 1.807) is 12.3 Å². The molecule has 6 heteroatoms. The van der Waals surface area contributed by atoms with Crippen LogP contribution in [-0.4, -0.2) is 20.5 Å². The van der Waals surface area contributed by atoms with Crippen LogP contribution in [0.15, 0.2) is 78.5 Å². The van der Waals surface area contributed by atoms with Crippen molar-refractivity contribution >= 4 is 5.78 Å². The molecule has 0 saturated heterocycles. The number of fused-ring (bicyclic) bond motifs is 3. The third-order valence-corrected chi connectivity index (χ3v) is 8.54. The molecule has 0 bridgehead atoms. The van der Waals surface area contributed by atoms with Crippen LogP contribution in [0.3, 0.4) is 0 Å². The highest BCUT2D eigenvalue weighted by atomic mass is 19.1. The van der Waals surface area contributed by atoms with Crippen LogP contribution in [0.4, 0.5) is 4.39 Å². The normalized spacial score (nSPS) is 22.0. The number of carbonyl (C=O) groups is 1. The summed E-state index contributed by atoms with van der Waals surface area (Å²) in [5, 5.41) is 15.0. The molecule has 3 atom stereocenters. The largest absolute Gasteiger partial charge is 0.293 e. The van der Waals surface area contributed by atoms with Crippen molar-refractivity contribution in [3.8, 4) is 34.1 Å². The van der Waals surface area contributed by atoms with Crippen LogP contribution < -0.4 is 0 Å². The maximum atomic E-state index is 13.2. The minimum Gasteiger partial charge on any atom is -0.293 e. The standard InChI is InChI=1S/C33H29FN4O/c1-20-4-6-23(7-5-20)30-28-12-13-29-21(2)31(39)25(19-35)17-33(29,3)32(28)38(37-30)27-10-8-22(9-11-27)24-14-15-36-26(16-24)18-34/h4-11,14-17,21,29H,12-13,18H2,1-3H3/t21-,29-,33-/m1/s1. The van der Waals surface area contributed by atoms with Crippen molar-refractivity contribution in [3.05, 3.63) is 101 Å². The fraction of sp³-hybridized carbons (Fsp3) is 0.273. The van der Waals surface area contributed by atoms with E-state index >= 15 is 0 Å². The van der Waals surface area contributed by atoms with E-state index in [0.717, 1.165) is 46.6 Å². The Balaban J connectivity index is 1.54. The molecular formula is C33H29FN4O. The molecule has 194 valence electrons. The first kappa shape index (κ1) is 24.9. The number of hydrogen-bond acceptors (Lipinski definition) is 4. The number of aromatic nitrogens is 3. The first-order valence-corrected chi connectivity index (χ1v) is 13.3. The van der Waals surface area contributed by atoms with Gasteiger partial charge in [-0.1, -0.05) is 61.9 Å². The number of ketones is 1. The summed E-state index contributed by atoms with van der Waals surface area (Å²) in [5.74, 6) is -0.235. The van der Waals surface area contributed by atoms with Crippen LogP contribution in [0.5, 0.6) is 0 Å². The summed E-state index contributed by atoms with van der Waals surface area (Å²) in [6.45, 7) is 5.57. The van der Waals surface area contributed by atoms with Gasteiger partial charge in [-0.15, -0.1) is 0 Å². The number of nitriles is 1. The molecule has 0 fully saturated rings. The van der Waals surface area contributed by atoms with Crippen molar-refractivity contribution in [2.75, 3.05) is 0 Å². The second kappa shape index (κ2) is 9.43. The molecular weight excluding hydrogens is 487 g/mol. The Kier molecular flexibility index (Phi) is 6.03. The molecule has 0 amide bonds. The summed E-state index contributed by atoms with van der Waals surface area (Å²) < 4.78 is 15.2. The monoisotopic (exact) mass is 516 g/mol. The fourth-order valence-electron chi connectivity index (χ4n) is 6.50. The molecule has 0 N–H and O–H groups in total. The Labute approximate surface area is 227 Å². The third kappa shape index (κ3) is 4.01. The van der Waals surface area contributed by atoms with Crippen molar-refractivity contribution in [1.82, 2.24) is 14.8 Å². The maximum Gasteiger partial charge on any atom is 0.176 e. The number of benzene rings is 2. The van der Waals surface area contributed by atoms with Gasteiger partial charge in [-0.05, 0) is 61.1 Å². The summed E-state index contributed by atoms with van der Waals surface area (Å²) >= 11 is 0. The lowest BCUT2D eigenvalue weighted by molar-refractivity contribution is -0.121. The molecule has 0 unspecified atom stereocenters. The first-order chi connectivity index (χ1) is 18.8. The molecule has 0 aliphatic heterocycles. The van der Waals surface area contributed by atoms with Gasteiger partial charge in [0.1, 0.15) is 12.7 Å². The Morgan fingerprint density at radius 2 is 1.79 bits per heavy atom. The minimum absolute atomic E-state index is 0.0670.